The predicted molar refractivity (Wildman–Crippen MR) is 51.3 cm³/mol. The van der Waals surface area contributed by atoms with Crippen molar-refractivity contribution in [3.63, 3.8) is 0 Å². The van der Waals surface area contributed by atoms with Gasteiger partial charge in [0.1, 0.15) is 0 Å². The van der Waals surface area contributed by atoms with E-state index in [1.165, 1.54) is 10.0 Å². The van der Waals surface area contributed by atoms with E-state index in [1.807, 2.05) is 18.5 Å². The van der Waals surface area contributed by atoms with E-state index in [-0.39, 0.29) is 0 Å². The van der Waals surface area contributed by atoms with Crippen LogP contribution in [-0.4, -0.2) is 23.4 Å². The first kappa shape index (κ1) is 9.04. The van der Waals surface area contributed by atoms with Crippen molar-refractivity contribution in [3.8, 4) is 0 Å². The van der Waals surface area contributed by atoms with Gasteiger partial charge in [0.25, 0.3) is 0 Å². The molecule has 1 rings (SSSR count). The molecule has 0 spiro atoms. The second-order valence-corrected chi connectivity index (χ2v) is 19.7. The summed E-state index contributed by atoms with van der Waals surface area (Å²) >= 11 is -1.60. The molecular weight excluding hydrogens is 241 g/mol. The molecule has 1 aromatic heterocycles. The maximum absolute atomic E-state index is 4.10. The molecule has 0 radical (unpaired) electrons. The fraction of sp³-hybridized carbons (Fsp3) is 0.444. The van der Waals surface area contributed by atoms with Crippen LogP contribution in [0.4, 0.5) is 0 Å². The van der Waals surface area contributed by atoms with Crippen LogP contribution in [0, 0.1) is 0 Å². The van der Waals surface area contributed by atoms with Crippen molar-refractivity contribution in [2.24, 2.45) is 0 Å². The second kappa shape index (κ2) is 3.57. The van der Waals surface area contributed by atoms with Gasteiger partial charge in [0, 0.05) is 0 Å². The molecule has 1 aromatic rings. The summed E-state index contributed by atoms with van der Waals surface area (Å²) in [6.07, 6.45) is 3.82. The molecule has 0 fully saturated rings. The van der Waals surface area contributed by atoms with Crippen molar-refractivity contribution < 1.29 is 0 Å². The van der Waals surface area contributed by atoms with Gasteiger partial charge in [-0.25, -0.2) is 0 Å². The van der Waals surface area contributed by atoms with Gasteiger partial charge in [-0.1, -0.05) is 0 Å². The normalized spacial score (nSPS) is 11.5. The van der Waals surface area contributed by atoms with Crippen LogP contribution >= 0.6 is 0 Å². The molecule has 0 bridgehead atoms. The van der Waals surface area contributed by atoms with Crippen LogP contribution < -0.4 is 0 Å². The fourth-order valence-corrected chi connectivity index (χ4v) is 5.21. The molecule has 0 aliphatic heterocycles. The van der Waals surface area contributed by atoms with Crippen LogP contribution in [0.1, 0.15) is 5.56 Å². The molecule has 1 heterocycles. The van der Waals surface area contributed by atoms with Gasteiger partial charge in [0.05, 0.1) is 0 Å². The van der Waals surface area contributed by atoms with Crippen molar-refractivity contribution in [2.45, 2.75) is 19.3 Å². The first-order valence-electron chi connectivity index (χ1n) is 3.97. The van der Waals surface area contributed by atoms with E-state index in [2.05, 4.69) is 25.9 Å². The number of pyridine rings is 1. The molecule has 2 heteroatoms. The summed E-state index contributed by atoms with van der Waals surface area (Å²) in [5.74, 6) is 0. The number of hydrogen-bond acceptors (Lipinski definition) is 1. The van der Waals surface area contributed by atoms with E-state index in [0.29, 0.717) is 0 Å². The molecule has 60 valence electrons. The third-order valence-electron chi connectivity index (χ3n) is 1.46. The Kier molecular flexibility index (Phi) is 2.93. The van der Waals surface area contributed by atoms with Gasteiger partial charge in [-0.05, 0) is 0 Å². The maximum atomic E-state index is 4.10. The molecule has 0 saturated carbocycles. The van der Waals surface area contributed by atoms with Crippen LogP contribution in [0.15, 0.2) is 24.5 Å². The van der Waals surface area contributed by atoms with Gasteiger partial charge in [-0.15, -0.1) is 0 Å². The molecule has 0 aromatic carbocycles. The summed E-state index contributed by atoms with van der Waals surface area (Å²) in [5.41, 5.74) is 1.41. The van der Waals surface area contributed by atoms with Crippen molar-refractivity contribution in [1.82, 2.24) is 4.98 Å². The summed E-state index contributed by atoms with van der Waals surface area (Å²) in [4.78, 5) is 11.4. The van der Waals surface area contributed by atoms with Gasteiger partial charge in [0.2, 0.25) is 0 Å². The molecule has 0 atom stereocenters. The Morgan fingerprint density at radius 2 is 2.09 bits per heavy atom. The average Bonchev–Trinajstić information content (AvgIpc) is 1.85. The van der Waals surface area contributed by atoms with Crippen LogP contribution in [-0.2, 0) is 4.44 Å². The zero-order valence-electron chi connectivity index (χ0n) is 7.46. The standard InChI is InChI=1S/C6H6N.3CH3.Sn/c1-6-3-2-4-7-5-6;;;;/h2-5H,1H2;3*1H3;. The van der Waals surface area contributed by atoms with Crippen molar-refractivity contribution in [2.75, 3.05) is 0 Å². The monoisotopic (exact) mass is 257 g/mol. The molecule has 0 amide bonds. The van der Waals surface area contributed by atoms with E-state index in [0.717, 1.165) is 0 Å². The summed E-state index contributed by atoms with van der Waals surface area (Å²) in [7, 11) is 0. The van der Waals surface area contributed by atoms with E-state index in [4.69, 9.17) is 0 Å². The summed E-state index contributed by atoms with van der Waals surface area (Å²) in [6, 6.07) is 4.20. The molecule has 0 aliphatic carbocycles. The first-order chi connectivity index (χ1) is 5.08. The van der Waals surface area contributed by atoms with E-state index in [1.54, 1.807) is 0 Å². The molecule has 0 N–H and O–H groups in total. The molecular formula is C9H15NSn. The Hall–Kier alpha value is -0.0513. The number of rotatable bonds is 2. The van der Waals surface area contributed by atoms with Crippen LogP contribution in [0.2, 0.25) is 14.8 Å². The molecule has 0 saturated heterocycles. The van der Waals surface area contributed by atoms with Crippen LogP contribution in [0.5, 0.6) is 0 Å². The van der Waals surface area contributed by atoms with E-state index < -0.39 is 18.4 Å². The van der Waals surface area contributed by atoms with Crippen LogP contribution in [0.25, 0.3) is 0 Å². The minimum absolute atomic E-state index is 1.31. The molecule has 11 heavy (non-hydrogen) atoms. The topological polar surface area (TPSA) is 12.9 Å². The number of aromatic nitrogens is 1. The van der Waals surface area contributed by atoms with E-state index >= 15 is 0 Å². The molecule has 0 unspecified atom stereocenters. The minimum atomic E-state index is -1.60. The van der Waals surface area contributed by atoms with Crippen molar-refractivity contribution in [3.05, 3.63) is 30.1 Å². The Morgan fingerprint density at radius 3 is 2.55 bits per heavy atom. The van der Waals surface area contributed by atoms with Gasteiger partial charge in [0.15, 0.2) is 0 Å². The summed E-state index contributed by atoms with van der Waals surface area (Å²) in [5, 5.41) is 0. The summed E-state index contributed by atoms with van der Waals surface area (Å²) in [6.45, 7) is 0. The third kappa shape index (κ3) is 3.75. The Balaban J connectivity index is 2.66. The zero-order valence-corrected chi connectivity index (χ0v) is 10.3. The van der Waals surface area contributed by atoms with Crippen LogP contribution in [0.3, 0.4) is 0 Å². The molecule has 1 nitrogen and oxygen atoms in total. The van der Waals surface area contributed by atoms with Crippen molar-refractivity contribution >= 4 is 18.4 Å². The number of hydrogen-bond donors (Lipinski definition) is 0. The fourth-order valence-electron chi connectivity index (χ4n) is 1.12. The quantitative estimate of drug-likeness (QED) is 0.741. The predicted octanol–water partition coefficient (Wildman–Crippen LogP) is 2.50. The van der Waals surface area contributed by atoms with Gasteiger partial charge < -0.3 is 0 Å². The zero-order chi connectivity index (χ0) is 8.32. The Bertz CT molecular complexity index is 213. The Morgan fingerprint density at radius 1 is 1.36 bits per heavy atom. The average molecular weight is 256 g/mol. The van der Waals surface area contributed by atoms with Crippen molar-refractivity contribution in [1.29, 1.82) is 0 Å². The summed E-state index contributed by atoms with van der Waals surface area (Å²) < 4.78 is 1.31. The third-order valence-corrected chi connectivity index (χ3v) is 5.65. The molecule has 0 aliphatic rings. The SMILES string of the molecule is [CH3][Sn]([CH3])([CH3])[CH2]c1cccnc1. The van der Waals surface area contributed by atoms with Gasteiger partial charge >= 0.3 is 72.7 Å². The first-order valence-corrected chi connectivity index (χ1v) is 14.5. The van der Waals surface area contributed by atoms with Gasteiger partial charge in [-0.3, -0.25) is 0 Å². The van der Waals surface area contributed by atoms with Gasteiger partial charge in [-0.2, -0.15) is 0 Å². The number of nitrogens with zero attached hydrogens (tertiary/aromatic N) is 1. The van der Waals surface area contributed by atoms with E-state index in [9.17, 15) is 0 Å². The Labute approximate surface area is 72.7 Å². The second-order valence-electron chi connectivity index (χ2n) is 4.10.